The second-order valence-electron chi connectivity index (χ2n) is 5.94. The van der Waals surface area contributed by atoms with E-state index in [1.54, 1.807) is 12.1 Å². The highest BCUT2D eigenvalue weighted by atomic mass is 16.5. The van der Waals surface area contributed by atoms with E-state index in [1.807, 2.05) is 43.3 Å². The second kappa shape index (κ2) is 9.02. The van der Waals surface area contributed by atoms with Crippen molar-refractivity contribution in [3.63, 3.8) is 0 Å². The van der Waals surface area contributed by atoms with Crippen molar-refractivity contribution in [2.75, 3.05) is 6.61 Å². The lowest BCUT2D eigenvalue weighted by molar-refractivity contribution is -0.145. The van der Waals surface area contributed by atoms with Gasteiger partial charge >= 0.3 is 11.9 Å². The van der Waals surface area contributed by atoms with E-state index < -0.39 is 0 Å². The van der Waals surface area contributed by atoms with E-state index in [0.29, 0.717) is 12.2 Å². The van der Waals surface area contributed by atoms with Crippen molar-refractivity contribution in [2.45, 2.75) is 39.7 Å². The fraction of sp³-hybridized carbons (Fsp3) is 0.333. The Hall–Kier alpha value is -2.62. The minimum atomic E-state index is -0.294. The standard InChI is InChI=1S/C21H24O4/c1-4-5-14-24-21(23)20-12-10-19(11-13-20)18-8-6-17(7-9-18)15(2)25-16(3)22/h6-13,15H,4-5,14H2,1-3H3. The topological polar surface area (TPSA) is 52.6 Å². The van der Waals surface area contributed by atoms with Crippen LogP contribution in [0.15, 0.2) is 48.5 Å². The maximum absolute atomic E-state index is 11.9. The second-order valence-corrected chi connectivity index (χ2v) is 5.94. The third-order valence-corrected chi connectivity index (χ3v) is 3.91. The molecule has 0 heterocycles. The molecule has 0 aliphatic rings. The van der Waals surface area contributed by atoms with E-state index in [1.165, 1.54) is 6.92 Å². The fourth-order valence-corrected chi connectivity index (χ4v) is 2.45. The molecule has 0 spiro atoms. The van der Waals surface area contributed by atoms with Gasteiger partial charge in [0.05, 0.1) is 12.2 Å². The molecule has 1 unspecified atom stereocenters. The summed E-state index contributed by atoms with van der Waals surface area (Å²) in [7, 11) is 0. The molecule has 0 aliphatic heterocycles. The van der Waals surface area contributed by atoms with E-state index in [0.717, 1.165) is 29.5 Å². The van der Waals surface area contributed by atoms with Crippen LogP contribution < -0.4 is 0 Å². The average Bonchev–Trinajstić information content (AvgIpc) is 2.61. The molecular weight excluding hydrogens is 316 g/mol. The summed E-state index contributed by atoms with van der Waals surface area (Å²) in [4.78, 5) is 22.9. The van der Waals surface area contributed by atoms with Crippen LogP contribution in [0.1, 0.15) is 55.6 Å². The lowest BCUT2D eigenvalue weighted by Gasteiger charge is -2.12. The zero-order valence-corrected chi connectivity index (χ0v) is 15.0. The minimum Gasteiger partial charge on any atom is -0.462 e. The van der Waals surface area contributed by atoms with Crippen LogP contribution >= 0.6 is 0 Å². The number of hydrogen-bond donors (Lipinski definition) is 0. The van der Waals surface area contributed by atoms with Crippen molar-refractivity contribution in [3.8, 4) is 11.1 Å². The Kier molecular flexibility index (Phi) is 6.75. The quantitative estimate of drug-likeness (QED) is 0.529. The van der Waals surface area contributed by atoms with Crippen LogP contribution in [0.4, 0.5) is 0 Å². The zero-order valence-electron chi connectivity index (χ0n) is 15.0. The van der Waals surface area contributed by atoms with Gasteiger partial charge in [-0.05, 0) is 42.2 Å². The van der Waals surface area contributed by atoms with Gasteiger partial charge in [0.25, 0.3) is 0 Å². The van der Waals surface area contributed by atoms with E-state index in [9.17, 15) is 9.59 Å². The number of unbranched alkanes of at least 4 members (excludes halogenated alkanes) is 1. The summed E-state index contributed by atoms with van der Waals surface area (Å²) < 4.78 is 10.4. The van der Waals surface area contributed by atoms with Gasteiger partial charge in [-0.15, -0.1) is 0 Å². The Bertz CT molecular complexity index is 702. The Morgan fingerprint density at radius 2 is 1.52 bits per heavy atom. The maximum Gasteiger partial charge on any atom is 0.338 e. The van der Waals surface area contributed by atoms with Crippen molar-refractivity contribution >= 4 is 11.9 Å². The number of rotatable bonds is 7. The number of benzene rings is 2. The van der Waals surface area contributed by atoms with Crippen LogP contribution in [-0.4, -0.2) is 18.5 Å². The number of hydrogen-bond acceptors (Lipinski definition) is 4. The molecule has 1 atom stereocenters. The smallest absolute Gasteiger partial charge is 0.338 e. The van der Waals surface area contributed by atoms with Gasteiger partial charge < -0.3 is 9.47 Å². The highest BCUT2D eigenvalue weighted by molar-refractivity contribution is 5.90. The summed E-state index contributed by atoms with van der Waals surface area (Å²) >= 11 is 0. The van der Waals surface area contributed by atoms with Gasteiger partial charge in [-0.3, -0.25) is 4.79 Å². The van der Waals surface area contributed by atoms with E-state index in [-0.39, 0.29) is 18.0 Å². The third kappa shape index (κ3) is 5.45. The molecule has 0 aliphatic carbocycles. The summed E-state index contributed by atoms with van der Waals surface area (Å²) in [6.07, 6.45) is 1.60. The molecule has 0 aromatic heterocycles. The van der Waals surface area contributed by atoms with Crippen molar-refractivity contribution < 1.29 is 19.1 Å². The molecule has 2 aromatic rings. The number of ether oxygens (including phenoxy) is 2. The Balaban J connectivity index is 2.04. The molecule has 0 saturated heterocycles. The highest BCUT2D eigenvalue weighted by Gasteiger charge is 2.10. The first-order valence-corrected chi connectivity index (χ1v) is 8.56. The Morgan fingerprint density at radius 1 is 0.960 bits per heavy atom. The number of carbonyl (C=O) groups is 2. The molecule has 0 bridgehead atoms. The predicted octanol–water partition coefficient (Wildman–Crippen LogP) is 4.93. The van der Waals surface area contributed by atoms with Gasteiger partial charge in [-0.1, -0.05) is 49.7 Å². The van der Waals surface area contributed by atoms with Gasteiger partial charge in [0.2, 0.25) is 0 Å². The first-order chi connectivity index (χ1) is 12.0. The average molecular weight is 340 g/mol. The molecule has 0 saturated carbocycles. The molecule has 4 heteroatoms. The van der Waals surface area contributed by atoms with Crippen molar-refractivity contribution in [1.29, 1.82) is 0 Å². The summed E-state index contributed by atoms with van der Waals surface area (Å²) in [5.41, 5.74) is 3.54. The van der Waals surface area contributed by atoms with Gasteiger partial charge in [-0.25, -0.2) is 4.79 Å². The summed E-state index contributed by atoms with van der Waals surface area (Å²) in [5.74, 6) is -0.580. The highest BCUT2D eigenvalue weighted by Crippen LogP contribution is 2.24. The summed E-state index contributed by atoms with van der Waals surface area (Å²) in [6, 6.07) is 15.2. The summed E-state index contributed by atoms with van der Waals surface area (Å²) in [5, 5.41) is 0. The van der Waals surface area contributed by atoms with Gasteiger partial charge in [0, 0.05) is 6.92 Å². The molecule has 2 rings (SSSR count). The van der Waals surface area contributed by atoms with Crippen molar-refractivity contribution in [1.82, 2.24) is 0 Å². The molecule has 0 amide bonds. The molecular formula is C21H24O4. The first-order valence-electron chi connectivity index (χ1n) is 8.56. The number of carbonyl (C=O) groups excluding carboxylic acids is 2. The van der Waals surface area contributed by atoms with Crippen molar-refractivity contribution in [2.24, 2.45) is 0 Å². The van der Waals surface area contributed by atoms with Crippen LogP contribution in [-0.2, 0) is 14.3 Å². The monoisotopic (exact) mass is 340 g/mol. The summed E-state index contributed by atoms with van der Waals surface area (Å²) in [6.45, 7) is 5.76. The number of esters is 2. The van der Waals surface area contributed by atoms with Gasteiger partial charge in [0.15, 0.2) is 0 Å². The van der Waals surface area contributed by atoms with Crippen molar-refractivity contribution in [3.05, 3.63) is 59.7 Å². The minimum absolute atomic E-state index is 0.271. The molecule has 0 radical (unpaired) electrons. The first kappa shape index (κ1) is 18.7. The maximum atomic E-state index is 11.9. The molecule has 2 aromatic carbocycles. The molecule has 25 heavy (non-hydrogen) atoms. The fourth-order valence-electron chi connectivity index (χ4n) is 2.45. The molecule has 132 valence electrons. The molecule has 0 fully saturated rings. The van der Waals surface area contributed by atoms with Crippen LogP contribution in [0.25, 0.3) is 11.1 Å². The molecule has 0 N–H and O–H groups in total. The van der Waals surface area contributed by atoms with E-state index >= 15 is 0 Å². The van der Waals surface area contributed by atoms with Gasteiger partial charge in [0.1, 0.15) is 6.10 Å². The van der Waals surface area contributed by atoms with Gasteiger partial charge in [-0.2, -0.15) is 0 Å². The SMILES string of the molecule is CCCCOC(=O)c1ccc(-c2ccc(C(C)OC(C)=O)cc2)cc1. The molecule has 4 nitrogen and oxygen atoms in total. The largest absolute Gasteiger partial charge is 0.462 e. The third-order valence-electron chi connectivity index (χ3n) is 3.91. The Morgan fingerprint density at radius 3 is 2.04 bits per heavy atom. The van der Waals surface area contributed by atoms with E-state index in [2.05, 4.69) is 6.92 Å². The van der Waals surface area contributed by atoms with Crippen LogP contribution in [0.2, 0.25) is 0 Å². The van der Waals surface area contributed by atoms with Crippen LogP contribution in [0.3, 0.4) is 0 Å². The van der Waals surface area contributed by atoms with Crippen LogP contribution in [0.5, 0.6) is 0 Å². The zero-order chi connectivity index (χ0) is 18.2. The lowest BCUT2D eigenvalue weighted by atomic mass is 10.0. The van der Waals surface area contributed by atoms with E-state index in [4.69, 9.17) is 9.47 Å². The predicted molar refractivity (Wildman–Crippen MR) is 97.2 cm³/mol. The van der Waals surface area contributed by atoms with Crippen LogP contribution in [0, 0.1) is 0 Å². The normalized spacial score (nSPS) is 11.6. The lowest BCUT2D eigenvalue weighted by Crippen LogP contribution is -2.06. The Labute approximate surface area is 148 Å².